The fourth-order valence-electron chi connectivity index (χ4n) is 2.18. The van der Waals surface area contributed by atoms with E-state index in [0.29, 0.717) is 17.7 Å². The molecule has 0 aliphatic rings. The van der Waals surface area contributed by atoms with E-state index in [9.17, 15) is 9.59 Å². The number of carbonyl (C=O) groups excluding carboxylic acids is 2. The topological polar surface area (TPSA) is 58.2 Å². The van der Waals surface area contributed by atoms with E-state index >= 15 is 0 Å². The number of nitrogens with one attached hydrogen (secondary N) is 2. The first-order chi connectivity index (χ1) is 11.2. The maximum Gasteiger partial charge on any atom is 0.251 e. The number of rotatable bonds is 4. The molecule has 0 saturated heterocycles. The molecular formula is C20H24N2O2. The Morgan fingerprint density at radius 1 is 0.833 bits per heavy atom. The van der Waals surface area contributed by atoms with Gasteiger partial charge in [-0.1, -0.05) is 29.8 Å². The summed E-state index contributed by atoms with van der Waals surface area (Å²) in [6.45, 7) is 8.29. The Labute approximate surface area is 143 Å². The highest BCUT2D eigenvalue weighted by Gasteiger charge is 2.15. The van der Waals surface area contributed by atoms with E-state index in [2.05, 4.69) is 10.6 Å². The van der Waals surface area contributed by atoms with Crippen LogP contribution < -0.4 is 10.6 Å². The molecule has 0 aliphatic heterocycles. The first-order valence-electron chi connectivity index (χ1n) is 8.01. The lowest BCUT2D eigenvalue weighted by atomic mass is 10.1. The molecule has 0 bridgehead atoms. The molecule has 0 unspecified atom stereocenters. The summed E-state index contributed by atoms with van der Waals surface area (Å²) in [5.41, 5.74) is 3.03. The SMILES string of the molecule is Cc1ccc(CNC(=O)c2ccc(C(=O)NC(C)(C)C)cc2)cc1. The van der Waals surface area contributed by atoms with E-state index in [4.69, 9.17) is 0 Å². The molecule has 2 N–H and O–H groups in total. The third-order valence-corrected chi connectivity index (χ3v) is 3.47. The van der Waals surface area contributed by atoms with Crippen molar-refractivity contribution in [3.05, 3.63) is 70.8 Å². The number of aryl methyl sites for hydroxylation is 1. The molecule has 0 fully saturated rings. The normalized spacial score (nSPS) is 11.0. The second-order valence-corrected chi connectivity index (χ2v) is 6.95. The van der Waals surface area contributed by atoms with Crippen molar-refractivity contribution < 1.29 is 9.59 Å². The van der Waals surface area contributed by atoms with Gasteiger partial charge in [0.1, 0.15) is 0 Å². The molecule has 4 nitrogen and oxygen atoms in total. The van der Waals surface area contributed by atoms with Gasteiger partial charge in [-0.3, -0.25) is 9.59 Å². The first-order valence-corrected chi connectivity index (χ1v) is 8.01. The van der Waals surface area contributed by atoms with Crippen LogP contribution in [-0.4, -0.2) is 17.4 Å². The zero-order valence-electron chi connectivity index (χ0n) is 14.6. The summed E-state index contributed by atoms with van der Waals surface area (Å²) in [7, 11) is 0. The molecule has 0 atom stereocenters. The van der Waals surface area contributed by atoms with Gasteiger partial charge in [-0.2, -0.15) is 0 Å². The van der Waals surface area contributed by atoms with Crippen LogP contribution in [0.25, 0.3) is 0 Å². The van der Waals surface area contributed by atoms with Gasteiger partial charge >= 0.3 is 0 Å². The van der Waals surface area contributed by atoms with Crippen molar-refractivity contribution in [2.24, 2.45) is 0 Å². The first kappa shape index (κ1) is 17.7. The minimum absolute atomic E-state index is 0.144. The van der Waals surface area contributed by atoms with E-state index < -0.39 is 0 Å². The highest BCUT2D eigenvalue weighted by atomic mass is 16.2. The predicted molar refractivity (Wildman–Crippen MR) is 96.0 cm³/mol. The Kier molecular flexibility index (Phi) is 5.39. The van der Waals surface area contributed by atoms with E-state index in [0.717, 1.165) is 5.56 Å². The van der Waals surface area contributed by atoms with Gasteiger partial charge in [0.15, 0.2) is 0 Å². The molecular weight excluding hydrogens is 300 g/mol. The Morgan fingerprint density at radius 2 is 1.33 bits per heavy atom. The Hall–Kier alpha value is -2.62. The average molecular weight is 324 g/mol. The molecule has 0 aromatic heterocycles. The summed E-state index contributed by atoms with van der Waals surface area (Å²) >= 11 is 0. The van der Waals surface area contributed by atoms with E-state index in [1.165, 1.54) is 5.56 Å². The van der Waals surface area contributed by atoms with Crippen LogP contribution in [0.3, 0.4) is 0 Å². The maximum atomic E-state index is 12.2. The van der Waals surface area contributed by atoms with Crippen molar-refractivity contribution in [3.63, 3.8) is 0 Å². The highest BCUT2D eigenvalue weighted by Crippen LogP contribution is 2.08. The van der Waals surface area contributed by atoms with Gasteiger partial charge < -0.3 is 10.6 Å². The molecule has 2 aromatic carbocycles. The standard InChI is InChI=1S/C20H24N2O2/c1-14-5-7-15(8-6-14)13-21-18(23)16-9-11-17(12-10-16)19(24)22-20(2,3)4/h5-12H,13H2,1-4H3,(H,21,23)(H,22,24). The van der Waals surface area contributed by atoms with Gasteiger partial charge in [0.25, 0.3) is 11.8 Å². The van der Waals surface area contributed by atoms with Crippen LogP contribution in [0.5, 0.6) is 0 Å². The van der Waals surface area contributed by atoms with Crippen LogP contribution in [0.1, 0.15) is 52.6 Å². The molecule has 0 radical (unpaired) electrons. The predicted octanol–water partition coefficient (Wildman–Crippen LogP) is 3.45. The van der Waals surface area contributed by atoms with Crippen LogP contribution in [0.15, 0.2) is 48.5 Å². The van der Waals surface area contributed by atoms with E-state index in [1.807, 2.05) is 52.0 Å². The second kappa shape index (κ2) is 7.30. The zero-order chi connectivity index (χ0) is 17.7. The number of hydrogen-bond acceptors (Lipinski definition) is 2. The third-order valence-electron chi connectivity index (χ3n) is 3.47. The van der Waals surface area contributed by atoms with Gasteiger partial charge in [-0.25, -0.2) is 0 Å². The number of hydrogen-bond donors (Lipinski definition) is 2. The molecule has 2 aromatic rings. The molecule has 126 valence electrons. The lowest BCUT2D eigenvalue weighted by Crippen LogP contribution is -2.40. The fourth-order valence-corrected chi connectivity index (χ4v) is 2.18. The molecule has 24 heavy (non-hydrogen) atoms. The summed E-state index contributed by atoms with van der Waals surface area (Å²) in [6, 6.07) is 14.7. The van der Waals surface area contributed by atoms with Crippen molar-refractivity contribution >= 4 is 11.8 Å². The molecule has 0 spiro atoms. The number of amides is 2. The van der Waals surface area contributed by atoms with Crippen LogP contribution in [0.4, 0.5) is 0 Å². The van der Waals surface area contributed by atoms with Gasteiger partial charge in [-0.05, 0) is 57.5 Å². The highest BCUT2D eigenvalue weighted by molar-refractivity contribution is 5.98. The minimum atomic E-state index is -0.291. The summed E-state index contributed by atoms with van der Waals surface area (Å²) in [5, 5.41) is 5.78. The quantitative estimate of drug-likeness (QED) is 0.905. The molecule has 0 saturated carbocycles. The smallest absolute Gasteiger partial charge is 0.251 e. The van der Waals surface area contributed by atoms with Crippen molar-refractivity contribution in [1.82, 2.24) is 10.6 Å². The Balaban J connectivity index is 1.95. The molecule has 0 heterocycles. The van der Waals surface area contributed by atoms with Crippen LogP contribution >= 0.6 is 0 Å². The van der Waals surface area contributed by atoms with Gasteiger partial charge in [0, 0.05) is 23.2 Å². The lowest BCUT2D eigenvalue weighted by Gasteiger charge is -2.20. The van der Waals surface area contributed by atoms with Crippen molar-refractivity contribution in [2.75, 3.05) is 0 Å². The Morgan fingerprint density at radius 3 is 1.83 bits per heavy atom. The summed E-state index contributed by atoms with van der Waals surface area (Å²) in [4.78, 5) is 24.3. The monoisotopic (exact) mass is 324 g/mol. The van der Waals surface area contributed by atoms with E-state index in [-0.39, 0.29) is 17.4 Å². The third kappa shape index (κ3) is 5.23. The van der Waals surface area contributed by atoms with Crippen molar-refractivity contribution in [1.29, 1.82) is 0 Å². The molecule has 2 amide bonds. The average Bonchev–Trinajstić information content (AvgIpc) is 2.52. The van der Waals surface area contributed by atoms with Crippen LogP contribution in [-0.2, 0) is 6.54 Å². The zero-order valence-corrected chi connectivity index (χ0v) is 14.6. The van der Waals surface area contributed by atoms with Gasteiger partial charge in [0.2, 0.25) is 0 Å². The van der Waals surface area contributed by atoms with E-state index in [1.54, 1.807) is 24.3 Å². The molecule has 0 aliphatic carbocycles. The van der Waals surface area contributed by atoms with Crippen molar-refractivity contribution in [3.8, 4) is 0 Å². The minimum Gasteiger partial charge on any atom is -0.348 e. The summed E-state index contributed by atoms with van der Waals surface area (Å²) in [6.07, 6.45) is 0. The van der Waals surface area contributed by atoms with Crippen molar-refractivity contribution in [2.45, 2.75) is 39.8 Å². The van der Waals surface area contributed by atoms with Gasteiger partial charge in [-0.15, -0.1) is 0 Å². The summed E-state index contributed by atoms with van der Waals surface area (Å²) in [5.74, 6) is -0.299. The molecule has 2 rings (SSSR count). The van der Waals surface area contributed by atoms with Crippen LogP contribution in [0.2, 0.25) is 0 Å². The number of carbonyl (C=O) groups is 2. The fraction of sp³-hybridized carbons (Fsp3) is 0.300. The lowest BCUT2D eigenvalue weighted by molar-refractivity contribution is 0.0915. The largest absolute Gasteiger partial charge is 0.348 e. The Bertz CT molecular complexity index is 711. The van der Waals surface area contributed by atoms with Crippen LogP contribution in [0, 0.1) is 6.92 Å². The summed E-state index contributed by atoms with van der Waals surface area (Å²) < 4.78 is 0. The number of benzene rings is 2. The maximum absolute atomic E-state index is 12.2. The molecule has 4 heteroatoms. The van der Waals surface area contributed by atoms with Gasteiger partial charge in [0.05, 0.1) is 0 Å². The second-order valence-electron chi connectivity index (χ2n) is 6.95.